The highest BCUT2D eigenvalue weighted by molar-refractivity contribution is 9.10. The molecule has 2 heterocycles. The molecular formula is C11H11BrN4O. The molecule has 2 aromatic rings. The lowest BCUT2D eigenvalue weighted by atomic mass is 10.3. The van der Waals surface area contributed by atoms with E-state index in [9.17, 15) is 0 Å². The molecular weight excluding hydrogens is 284 g/mol. The van der Waals surface area contributed by atoms with E-state index < -0.39 is 0 Å². The molecule has 2 aromatic heterocycles. The number of anilines is 1. The zero-order chi connectivity index (χ0) is 12.1. The maximum absolute atomic E-state index is 5.61. The molecule has 0 aliphatic rings. The Hall–Kier alpha value is -1.69. The van der Waals surface area contributed by atoms with Gasteiger partial charge in [-0.2, -0.15) is 0 Å². The van der Waals surface area contributed by atoms with Gasteiger partial charge in [0.1, 0.15) is 16.6 Å². The second-order valence-electron chi connectivity index (χ2n) is 3.30. The molecule has 0 radical (unpaired) electrons. The first-order valence-corrected chi connectivity index (χ1v) is 5.85. The van der Waals surface area contributed by atoms with Crippen molar-refractivity contribution in [3.63, 3.8) is 0 Å². The van der Waals surface area contributed by atoms with Crippen LogP contribution in [0.1, 0.15) is 5.69 Å². The fourth-order valence-electron chi connectivity index (χ4n) is 1.27. The molecule has 2 rings (SSSR count). The Morgan fingerprint density at radius 1 is 1.24 bits per heavy atom. The molecule has 0 atom stereocenters. The Balaban J connectivity index is 1.93. The number of pyridine rings is 1. The second-order valence-corrected chi connectivity index (χ2v) is 4.09. The first kappa shape index (κ1) is 11.8. The fraction of sp³-hybridized carbons (Fsp3) is 0.182. The third-order valence-corrected chi connectivity index (χ3v) is 2.85. The summed E-state index contributed by atoms with van der Waals surface area (Å²) in [5, 5.41) is 0. The summed E-state index contributed by atoms with van der Waals surface area (Å²) < 4.78 is 6.09. The van der Waals surface area contributed by atoms with Gasteiger partial charge < -0.3 is 10.5 Å². The molecule has 0 bridgehead atoms. The zero-order valence-electron chi connectivity index (χ0n) is 9.01. The van der Waals surface area contributed by atoms with Crippen molar-refractivity contribution in [2.45, 2.75) is 6.42 Å². The number of ether oxygens (including phenoxy) is 1. The monoisotopic (exact) mass is 294 g/mol. The van der Waals surface area contributed by atoms with Crippen molar-refractivity contribution in [2.75, 3.05) is 12.3 Å². The van der Waals surface area contributed by atoms with E-state index in [1.54, 1.807) is 6.20 Å². The summed E-state index contributed by atoms with van der Waals surface area (Å²) in [5.74, 6) is 0.821. The summed E-state index contributed by atoms with van der Waals surface area (Å²) in [7, 11) is 0. The average molecular weight is 295 g/mol. The number of nitrogen functional groups attached to an aromatic ring is 1. The van der Waals surface area contributed by atoms with Gasteiger partial charge in [0.05, 0.1) is 6.61 Å². The summed E-state index contributed by atoms with van der Waals surface area (Å²) in [6, 6.07) is 5.78. The van der Waals surface area contributed by atoms with Crippen LogP contribution in [-0.2, 0) is 6.42 Å². The van der Waals surface area contributed by atoms with E-state index in [4.69, 9.17) is 10.5 Å². The molecule has 0 spiro atoms. The highest BCUT2D eigenvalue weighted by atomic mass is 79.9. The van der Waals surface area contributed by atoms with Crippen molar-refractivity contribution in [2.24, 2.45) is 0 Å². The van der Waals surface area contributed by atoms with Crippen LogP contribution in [0.15, 0.2) is 35.2 Å². The number of nitrogens with two attached hydrogens (primary N) is 1. The fourth-order valence-corrected chi connectivity index (χ4v) is 1.58. The van der Waals surface area contributed by atoms with E-state index in [-0.39, 0.29) is 0 Å². The van der Waals surface area contributed by atoms with E-state index in [1.165, 1.54) is 6.33 Å². The predicted molar refractivity (Wildman–Crippen MR) is 67.6 cm³/mol. The van der Waals surface area contributed by atoms with Crippen LogP contribution in [0.5, 0.6) is 5.88 Å². The standard InChI is InChI=1S/C11H11BrN4O/c12-9-10(13)15-7-16-11(9)17-6-4-8-3-1-2-5-14-8/h1-3,5,7H,4,6H2,(H2,13,15,16). The third kappa shape index (κ3) is 3.13. The molecule has 88 valence electrons. The summed E-state index contributed by atoms with van der Waals surface area (Å²) in [6.07, 6.45) is 3.85. The van der Waals surface area contributed by atoms with E-state index in [0.29, 0.717) is 22.8 Å². The lowest BCUT2D eigenvalue weighted by Gasteiger charge is -2.07. The van der Waals surface area contributed by atoms with Gasteiger partial charge in [0.2, 0.25) is 5.88 Å². The number of nitrogens with zero attached hydrogens (tertiary/aromatic N) is 3. The number of hydrogen-bond acceptors (Lipinski definition) is 5. The van der Waals surface area contributed by atoms with Crippen molar-refractivity contribution < 1.29 is 4.74 Å². The van der Waals surface area contributed by atoms with Crippen LogP contribution in [0, 0.1) is 0 Å². The van der Waals surface area contributed by atoms with Crippen molar-refractivity contribution in [1.29, 1.82) is 0 Å². The number of aromatic nitrogens is 3. The zero-order valence-corrected chi connectivity index (χ0v) is 10.6. The van der Waals surface area contributed by atoms with Gasteiger partial charge in [0, 0.05) is 18.3 Å². The lowest BCUT2D eigenvalue weighted by molar-refractivity contribution is 0.305. The van der Waals surface area contributed by atoms with Gasteiger partial charge >= 0.3 is 0 Å². The van der Waals surface area contributed by atoms with E-state index in [0.717, 1.165) is 12.1 Å². The highest BCUT2D eigenvalue weighted by Gasteiger charge is 2.06. The van der Waals surface area contributed by atoms with Crippen LogP contribution in [0.3, 0.4) is 0 Å². The maximum Gasteiger partial charge on any atom is 0.233 e. The Bertz CT molecular complexity index is 492. The smallest absolute Gasteiger partial charge is 0.233 e. The second kappa shape index (κ2) is 5.58. The van der Waals surface area contributed by atoms with Gasteiger partial charge in [-0.1, -0.05) is 6.07 Å². The van der Waals surface area contributed by atoms with E-state index in [2.05, 4.69) is 30.9 Å². The third-order valence-electron chi connectivity index (χ3n) is 2.11. The molecule has 17 heavy (non-hydrogen) atoms. The molecule has 0 amide bonds. The first-order valence-electron chi connectivity index (χ1n) is 5.06. The van der Waals surface area contributed by atoms with Gasteiger partial charge in [0.25, 0.3) is 0 Å². The van der Waals surface area contributed by atoms with Crippen molar-refractivity contribution in [3.8, 4) is 5.88 Å². The molecule has 0 saturated carbocycles. The summed E-state index contributed by atoms with van der Waals surface area (Å²) in [4.78, 5) is 12.0. The lowest BCUT2D eigenvalue weighted by Crippen LogP contribution is -2.05. The molecule has 0 aliphatic heterocycles. The van der Waals surface area contributed by atoms with Crippen LogP contribution in [0.25, 0.3) is 0 Å². The van der Waals surface area contributed by atoms with Crippen molar-refractivity contribution in [3.05, 3.63) is 40.9 Å². The Kier molecular flexibility index (Phi) is 3.87. The summed E-state index contributed by atoms with van der Waals surface area (Å²) >= 11 is 3.28. The van der Waals surface area contributed by atoms with Gasteiger partial charge in [0.15, 0.2) is 0 Å². The molecule has 5 nitrogen and oxygen atoms in total. The van der Waals surface area contributed by atoms with Crippen molar-refractivity contribution in [1.82, 2.24) is 15.0 Å². The quantitative estimate of drug-likeness (QED) is 0.931. The number of rotatable bonds is 4. The van der Waals surface area contributed by atoms with Crippen LogP contribution < -0.4 is 10.5 Å². The molecule has 6 heteroatoms. The summed E-state index contributed by atoms with van der Waals surface area (Å²) in [6.45, 7) is 0.492. The van der Waals surface area contributed by atoms with Crippen LogP contribution in [0.4, 0.5) is 5.82 Å². The topological polar surface area (TPSA) is 73.9 Å². The SMILES string of the molecule is Nc1ncnc(OCCc2ccccn2)c1Br. The molecule has 0 unspecified atom stereocenters. The van der Waals surface area contributed by atoms with Gasteiger partial charge in [-0.3, -0.25) is 4.98 Å². The van der Waals surface area contributed by atoms with E-state index >= 15 is 0 Å². The average Bonchev–Trinajstić information content (AvgIpc) is 2.36. The molecule has 0 aliphatic carbocycles. The minimum atomic E-state index is 0.368. The predicted octanol–water partition coefficient (Wildman–Crippen LogP) is 1.84. The van der Waals surface area contributed by atoms with Gasteiger partial charge in [-0.25, -0.2) is 9.97 Å². The largest absolute Gasteiger partial charge is 0.476 e. The van der Waals surface area contributed by atoms with Gasteiger partial charge in [-0.15, -0.1) is 0 Å². The Labute approximate surface area is 107 Å². The molecule has 0 saturated heterocycles. The van der Waals surface area contributed by atoms with Gasteiger partial charge in [-0.05, 0) is 28.1 Å². The van der Waals surface area contributed by atoms with Crippen LogP contribution in [-0.4, -0.2) is 21.6 Å². The minimum absolute atomic E-state index is 0.368. The molecule has 2 N–H and O–H groups in total. The Morgan fingerprint density at radius 3 is 2.88 bits per heavy atom. The maximum atomic E-state index is 5.61. The van der Waals surface area contributed by atoms with E-state index in [1.807, 2.05) is 18.2 Å². The Morgan fingerprint density at radius 2 is 2.12 bits per heavy atom. The molecule has 0 aromatic carbocycles. The van der Waals surface area contributed by atoms with Crippen LogP contribution >= 0.6 is 15.9 Å². The summed E-state index contributed by atoms with van der Waals surface area (Å²) in [5.41, 5.74) is 6.59. The highest BCUT2D eigenvalue weighted by Crippen LogP contribution is 2.25. The van der Waals surface area contributed by atoms with Crippen molar-refractivity contribution >= 4 is 21.7 Å². The molecule has 0 fully saturated rings. The normalized spacial score (nSPS) is 10.2. The number of hydrogen-bond donors (Lipinski definition) is 1. The first-order chi connectivity index (χ1) is 8.27. The van der Waals surface area contributed by atoms with Crippen LogP contribution in [0.2, 0.25) is 0 Å². The minimum Gasteiger partial charge on any atom is -0.476 e. The number of halogens is 1.